The molecule has 2 N–H and O–H groups in total. The lowest BCUT2D eigenvalue weighted by atomic mass is 9.46. The Labute approximate surface area is 160 Å². The first-order chi connectivity index (χ1) is 12.8. The summed E-state index contributed by atoms with van der Waals surface area (Å²) < 4.78 is 5.41. The molecule has 0 radical (unpaired) electrons. The second-order valence-electron chi connectivity index (χ2n) is 9.64. The Hall–Kier alpha value is -1.39. The number of hydrogen-bond acceptors (Lipinski definition) is 4. The van der Waals surface area contributed by atoms with Crippen molar-refractivity contribution in [3.8, 4) is 5.75 Å². The van der Waals surface area contributed by atoms with Crippen LogP contribution in [0.1, 0.15) is 63.0 Å². The van der Waals surface area contributed by atoms with E-state index in [1.165, 1.54) is 11.1 Å². The molecular formula is C23H30O4. The number of methoxy groups -OCH3 is 1. The van der Waals surface area contributed by atoms with Crippen LogP contribution in [0.3, 0.4) is 0 Å². The predicted octanol–water partition coefficient (Wildman–Crippen LogP) is 3.23. The summed E-state index contributed by atoms with van der Waals surface area (Å²) in [6.45, 7) is 3.82. The number of carbonyl (C=O) groups excluding carboxylic acids is 1. The van der Waals surface area contributed by atoms with Crippen LogP contribution in [0.25, 0.3) is 0 Å². The molecule has 27 heavy (non-hydrogen) atoms. The van der Waals surface area contributed by atoms with Crippen LogP contribution in [0, 0.1) is 22.2 Å². The molecule has 1 aromatic carbocycles. The maximum absolute atomic E-state index is 12.8. The van der Waals surface area contributed by atoms with Crippen molar-refractivity contribution in [1.29, 1.82) is 0 Å². The summed E-state index contributed by atoms with van der Waals surface area (Å²) in [7, 11) is 1.70. The molecule has 3 saturated carbocycles. The maximum Gasteiger partial charge on any atom is 0.139 e. The number of fused-ring (bicyclic) bond motifs is 3. The molecule has 0 saturated heterocycles. The molecule has 0 aliphatic heterocycles. The van der Waals surface area contributed by atoms with Crippen molar-refractivity contribution in [3.05, 3.63) is 29.3 Å². The lowest BCUT2D eigenvalue weighted by molar-refractivity contribution is -0.142. The Bertz CT molecular complexity index is 819. The van der Waals surface area contributed by atoms with Gasteiger partial charge < -0.3 is 14.9 Å². The Kier molecular flexibility index (Phi) is 3.51. The van der Waals surface area contributed by atoms with E-state index in [9.17, 15) is 15.0 Å². The van der Waals surface area contributed by atoms with Gasteiger partial charge in [-0.2, -0.15) is 0 Å². The van der Waals surface area contributed by atoms with Crippen LogP contribution < -0.4 is 4.74 Å². The van der Waals surface area contributed by atoms with Crippen LogP contribution in [0.15, 0.2) is 18.2 Å². The zero-order chi connectivity index (χ0) is 19.2. The second-order valence-corrected chi connectivity index (χ2v) is 9.64. The molecule has 0 spiro atoms. The quantitative estimate of drug-likeness (QED) is 0.839. The summed E-state index contributed by atoms with van der Waals surface area (Å²) in [5.74, 6) is 1.69. The highest BCUT2D eigenvalue weighted by atomic mass is 16.5. The number of aliphatic hydroxyl groups is 2. The number of carbonyl (C=O) groups is 1. The Morgan fingerprint density at radius 2 is 1.93 bits per heavy atom. The molecule has 1 aromatic rings. The third-order valence-electron chi connectivity index (χ3n) is 9.48. The van der Waals surface area contributed by atoms with Crippen molar-refractivity contribution in [3.63, 3.8) is 0 Å². The van der Waals surface area contributed by atoms with Crippen molar-refractivity contribution in [2.75, 3.05) is 7.11 Å². The van der Waals surface area contributed by atoms with Crippen LogP contribution in [-0.4, -0.2) is 35.3 Å². The summed E-state index contributed by atoms with van der Waals surface area (Å²) in [5, 5.41) is 22.4. The topological polar surface area (TPSA) is 66.8 Å². The second kappa shape index (κ2) is 5.36. The number of aliphatic hydroxyl groups excluding tert-OH is 2. The SMILES string of the molecule is COc1ccc2c(c1)CC[C@@H]1[C@@H]2CC[C@@]2(C)C13CC[C@]2(C(C)=O)[C@H](O)[C@@H]3O. The Morgan fingerprint density at radius 3 is 2.63 bits per heavy atom. The normalized spacial score (nSPS) is 47.1. The number of hydrogen-bond donors (Lipinski definition) is 2. The zero-order valence-electron chi connectivity index (χ0n) is 16.5. The molecule has 4 aliphatic rings. The fourth-order valence-corrected chi connectivity index (χ4v) is 8.35. The molecule has 3 fully saturated rings. The van der Waals surface area contributed by atoms with Gasteiger partial charge in [0, 0.05) is 5.41 Å². The smallest absolute Gasteiger partial charge is 0.139 e. The number of rotatable bonds is 2. The van der Waals surface area contributed by atoms with Gasteiger partial charge in [0.2, 0.25) is 0 Å². The third-order valence-corrected chi connectivity index (χ3v) is 9.48. The fourth-order valence-electron chi connectivity index (χ4n) is 8.35. The van der Waals surface area contributed by atoms with Gasteiger partial charge in [-0.3, -0.25) is 4.79 Å². The van der Waals surface area contributed by atoms with Crippen molar-refractivity contribution in [1.82, 2.24) is 0 Å². The molecule has 1 unspecified atom stereocenters. The average molecular weight is 370 g/mol. The maximum atomic E-state index is 12.8. The van der Waals surface area contributed by atoms with E-state index in [-0.39, 0.29) is 16.6 Å². The Morgan fingerprint density at radius 1 is 1.15 bits per heavy atom. The first kappa shape index (κ1) is 17.7. The Balaban J connectivity index is 1.64. The highest BCUT2D eigenvalue weighted by Crippen LogP contribution is 2.80. The summed E-state index contributed by atoms with van der Waals surface area (Å²) in [6.07, 6.45) is 3.76. The van der Waals surface area contributed by atoms with E-state index in [2.05, 4.69) is 19.1 Å². The minimum absolute atomic E-state index is 0.0651. The number of benzene rings is 1. The standard InChI is InChI=1S/C23H30O4/c1-13(24)22-10-11-23(20(26)19(22)25)18-7-4-14-12-15(27-3)5-6-16(14)17(18)8-9-21(22,23)2/h5-6,12,17-20,25-26H,4,7-11H2,1-3H3/t17-,18-,19-,20+,21-,22+,23?/m1/s1. The molecule has 4 heteroatoms. The van der Waals surface area contributed by atoms with Gasteiger partial charge >= 0.3 is 0 Å². The van der Waals surface area contributed by atoms with Gasteiger partial charge in [0.1, 0.15) is 11.5 Å². The molecule has 2 bridgehead atoms. The number of Topliss-reactive ketones (excluding diaryl/α,β-unsaturated/α-hetero) is 1. The largest absolute Gasteiger partial charge is 0.497 e. The van der Waals surface area contributed by atoms with E-state index >= 15 is 0 Å². The van der Waals surface area contributed by atoms with Gasteiger partial charge in [-0.15, -0.1) is 0 Å². The van der Waals surface area contributed by atoms with Crippen molar-refractivity contribution < 1.29 is 19.7 Å². The summed E-state index contributed by atoms with van der Waals surface area (Å²) in [5.41, 5.74) is 1.32. The number of aryl methyl sites for hydroxylation is 1. The number of ketones is 1. The van der Waals surface area contributed by atoms with E-state index in [0.29, 0.717) is 11.8 Å². The van der Waals surface area contributed by atoms with Crippen molar-refractivity contribution in [2.24, 2.45) is 22.2 Å². The van der Waals surface area contributed by atoms with Gasteiger partial charge in [-0.1, -0.05) is 13.0 Å². The van der Waals surface area contributed by atoms with E-state index < -0.39 is 17.6 Å². The summed E-state index contributed by atoms with van der Waals surface area (Å²) >= 11 is 0. The highest BCUT2D eigenvalue weighted by Gasteiger charge is 2.82. The van der Waals surface area contributed by atoms with Crippen LogP contribution >= 0.6 is 0 Å². The van der Waals surface area contributed by atoms with Gasteiger partial charge in [-0.25, -0.2) is 0 Å². The lowest BCUT2D eigenvalue weighted by Gasteiger charge is -2.57. The van der Waals surface area contributed by atoms with Crippen molar-refractivity contribution >= 4 is 5.78 Å². The molecule has 4 aliphatic carbocycles. The summed E-state index contributed by atoms with van der Waals surface area (Å²) in [4.78, 5) is 12.8. The van der Waals surface area contributed by atoms with Gasteiger partial charge in [0.15, 0.2) is 0 Å². The molecule has 0 aromatic heterocycles. The van der Waals surface area contributed by atoms with Crippen LogP contribution in [-0.2, 0) is 11.2 Å². The zero-order valence-corrected chi connectivity index (χ0v) is 16.5. The minimum Gasteiger partial charge on any atom is -0.497 e. The lowest BCUT2D eigenvalue weighted by Crippen LogP contribution is -2.54. The first-order valence-corrected chi connectivity index (χ1v) is 10.4. The van der Waals surface area contributed by atoms with E-state index in [1.807, 2.05) is 6.07 Å². The van der Waals surface area contributed by atoms with Gasteiger partial charge in [-0.05, 0) is 86.0 Å². The van der Waals surface area contributed by atoms with E-state index in [1.54, 1.807) is 14.0 Å². The van der Waals surface area contributed by atoms with Gasteiger partial charge in [0.05, 0.1) is 24.7 Å². The molecule has 0 amide bonds. The molecular weight excluding hydrogens is 340 g/mol. The monoisotopic (exact) mass is 370 g/mol. The van der Waals surface area contributed by atoms with E-state index in [0.717, 1.165) is 44.3 Å². The average Bonchev–Trinajstić information content (AvgIpc) is 3.03. The fraction of sp³-hybridized carbons (Fsp3) is 0.696. The van der Waals surface area contributed by atoms with Gasteiger partial charge in [0.25, 0.3) is 0 Å². The first-order valence-electron chi connectivity index (χ1n) is 10.4. The highest BCUT2D eigenvalue weighted by molar-refractivity contribution is 5.86. The third kappa shape index (κ3) is 1.72. The summed E-state index contributed by atoms with van der Waals surface area (Å²) in [6, 6.07) is 6.40. The van der Waals surface area contributed by atoms with Crippen LogP contribution in [0.4, 0.5) is 0 Å². The molecule has 146 valence electrons. The molecule has 4 nitrogen and oxygen atoms in total. The molecule has 0 heterocycles. The van der Waals surface area contributed by atoms with Crippen molar-refractivity contribution in [2.45, 2.75) is 70.5 Å². The molecule has 5 rings (SSSR count). The number of ether oxygens (including phenoxy) is 1. The molecule has 7 atom stereocenters. The van der Waals surface area contributed by atoms with E-state index in [4.69, 9.17) is 4.74 Å². The van der Waals surface area contributed by atoms with Crippen LogP contribution in [0.2, 0.25) is 0 Å². The van der Waals surface area contributed by atoms with Crippen LogP contribution in [0.5, 0.6) is 5.75 Å². The predicted molar refractivity (Wildman–Crippen MR) is 102 cm³/mol. The minimum atomic E-state index is -0.926.